The van der Waals surface area contributed by atoms with E-state index in [0.717, 1.165) is 0 Å². The molecule has 2 rings (SSSR count). The number of hydrogen-bond acceptors (Lipinski definition) is 4. The van der Waals surface area contributed by atoms with Crippen LogP contribution in [0.3, 0.4) is 0 Å². The van der Waals surface area contributed by atoms with Crippen LogP contribution in [0.4, 0.5) is 4.39 Å². The Hall–Kier alpha value is -2.76. The molecule has 96 valence electrons. The molecule has 0 saturated carbocycles. The summed E-state index contributed by atoms with van der Waals surface area (Å²) < 4.78 is 18.5. The lowest BCUT2D eigenvalue weighted by atomic mass is 10.2. The van der Waals surface area contributed by atoms with Gasteiger partial charge >= 0.3 is 5.97 Å². The molecule has 2 aromatic rings. The predicted octanol–water partition coefficient (Wildman–Crippen LogP) is 2.52. The standard InChI is InChI=1S/C13H8FNO4/c14-12-9(7-16)3-6-11(15-12)19-10-4-1-8(2-5-10)13(17)18/h1-7H,(H,17,18). The van der Waals surface area contributed by atoms with E-state index in [0.29, 0.717) is 12.0 Å². The normalized spacial score (nSPS) is 9.95. The smallest absolute Gasteiger partial charge is 0.335 e. The number of ether oxygens (including phenoxy) is 1. The Labute approximate surface area is 107 Å². The van der Waals surface area contributed by atoms with E-state index in [1.54, 1.807) is 0 Å². The van der Waals surface area contributed by atoms with Crippen LogP contribution < -0.4 is 4.74 Å². The zero-order valence-electron chi connectivity index (χ0n) is 9.54. The van der Waals surface area contributed by atoms with Crippen LogP contribution in [-0.2, 0) is 0 Å². The summed E-state index contributed by atoms with van der Waals surface area (Å²) in [5, 5.41) is 8.72. The molecular weight excluding hydrogens is 253 g/mol. The number of aromatic carboxylic acids is 1. The van der Waals surface area contributed by atoms with Crippen LogP contribution in [0.25, 0.3) is 0 Å². The lowest BCUT2D eigenvalue weighted by Gasteiger charge is -2.05. The van der Waals surface area contributed by atoms with Gasteiger partial charge in [-0.1, -0.05) is 0 Å². The van der Waals surface area contributed by atoms with Crippen molar-refractivity contribution in [3.05, 3.63) is 53.5 Å². The summed E-state index contributed by atoms with van der Waals surface area (Å²) >= 11 is 0. The maximum Gasteiger partial charge on any atom is 0.335 e. The van der Waals surface area contributed by atoms with Crippen molar-refractivity contribution in [2.24, 2.45) is 0 Å². The summed E-state index contributed by atoms with van der Waals surface area (Å²) in [4.78, 5) is 24.5. The molecule has 1 aromatic carbocycles. The highest BCUT2D eigenvalue weighted by atomic mass is 19.1. The number of hydrogen-bond donors (Lipinski definition) is 1. The molecule has 0 aliphatic rings. The van der Waals surface area contributed by atoms with Crippen molar-refractivity contribution in [1.29, 1.82) is 0 Å². The highest BCUT2D eigenvalue weighted by Gasteiger charge is 2.07. The average molecular weight is 261 g/mol. The van der Waals surface area contributed by atoms with Crippen molar-refractivity contribution in [1.82, 2.24) is 4.98 Å². The molecule has 6 heteroatoms. The third kappa shape index (κ3) is 2.92. The predicted molar refractivity (Wildman–Crippen MR) is 63.1 cm³/mol. The Bertz CT molecular complexity index is 625. The number of carbonyl (C=O) groups excluding carboxylic acids is 1. The van der Waals surface area contributed by atoms with Gasteiger partial charge in [0, 0.05) is 6.07 Å². The van der Waals surface area contributed by atoms with Crippen LogP contribution in [-0.4, -0.2) is 22.3 Å². The van der Waals surface area contributed by atoms with E-state index in [1.807, 2.05) is 0 Å². The fourth-order valence-corrected chi connectivity index (χ4v) is 1.36. The van der Waals surface area contributed by atoms with Crippen LogP contribution in [0, 0.1) is 5.95 Å². The molecule has 0 radical (unpaired) electrons. The Morgan fingerprint density at radius 1 is 1.21 bits per heavy atom. The number of rotatable bonds is 4. The van der Waals surface area contributed by atoms with Gasteiger partial charge in [-0.25, -0.2) is 4.79 Å². The van der Waals surface area contributed by atoms with Crippen LogP contribution >= 0.6 is 0 Å². The lowest BCUT2D eigenvalue weighted by Crippen LogP contribution is -1.97. The number of halogens is 1. The van der Waals surface area contributed by atoms with Gasteiger partial charge in [0.15, 0.2) is 6.29 Å². The first kappa shape index (κ1) is 12.7. The molecular formula is C13H8FNO4. The Morgan fingerprint density at radius 3 is 2.42 bits per heavy atom. The van der Waals surface area contributed by atoms with E-state index in [1.165, 1.54) is 36.4 Å². The highest BCUT2D eigenvalue weighted by molar-refractivity contribution is 5.87. The summed E-state index contributed by atoms with van der Waals surface area (Å²) in [5.74, 6) is -1.68. The molecule has 1 aromatic heterocycles. The molecule has 0 bridgehead atoms. The van der Waals surface area contributed by atoms with Crippen molar-refractivity contribution in [2.45, 2.75) is 0 Å². The molecule has 5 nitrogen and oxygen atoms in total. The zero-order valence-corrected chi connectivity index (χ0v) is 9.54. The molecule has 0 fully saturated rings. The topological polar surface area (TPSA) is 76.5 Å². The number of nitrogens with zero attached hydrogens (tertiary/aromatic N) is 1. The number of benzene rings is 1. The van der Waals surface area contributed by atoms with E-state index in [9.17, 15) is 14.0 Å². The molecule has 1 heterocycles. The number of aldehydes is 1. The molecule has 0 aliphatic heterocycles. The number of carboxylic acids is 1. The first-order valence-corrected chi connectivity index (χ1v) is 5.23. The van der Waals surface area contributed by atoms with Gasteiger partial charge in [0.05, 0.1) is 11.1 Å². The number of aromatic nitrogens is 1. The summed E-state index contributed by atoms with van der Waals surface area (Å²) in [6.07, 6.45) is 0.355. The molecule has 0 aliphatic carbocycles. The van der Waals surface area contributed by atoms with Crippen molar-refractivity contribution in [2.75, 3.05) is 0 Å². The third-order valence-corrected chi connectivity index (χ3v) is 2.30. The molecule has 0 spiro atoms. The molecule has 0 amide bonds. The first-order valence-electron chi connectivity index (χ1n) is 5.23. The van der Waals surface area contributed by atoms with Gasteiger partial charge in [0.2, 0.25) is 11.8 Å². The van der Waals surface area contributed by atoms with E-state index in [2.05, 4.69) is 4.98 Å². The van der Waals surface area contributed by atoms with Crippen LogP contribution in [0.2, 0.25) is 0 Å². The fraction of sp³-hybridized carbons (Fsp3) is 0. The van der Waals surface area contributed by atoms with Gasteiger partial charge in [-0.15, -0.1) is 0 Å². The van der Waals surface area contributed by atoms with Crippen LogP contribution in [0.15, 0.2) is 36.4 Å². The molecule has 0 saturated heterocycles. The van der Waals surface area contributed by atoms with E-state index in [4.69, 9.17) is 9.84 Å². The van der Waals surface area contributed by atoms with Crippen molar-refractivity contribution < 1.29 is 23.8 Å². The highest BCUT2D eigenvalue weighted by Crippen LogP contribution is 2.20. The Balaban J connectivity index is 2.19. The minimum atomic E-state index is -1.05. The first-order chi connectivity index (χ1) is 9.10. The van der Waals surface area contributed by atoms with Crippen molar-refractivity contribution in [3.63, 3.8) is 0 Å². The second-order valence-corrected chi connectivity index (χ2v) is 3.58. The second-order valence-electron chi connectivity index (χ2n) is 3.58. The maximum atomic E-state index is 13.2. The number of carboxylic acid groups (broad SMARTS) is 1. The van der Waals surface area contributed by atoms with Gasteiger partial charge in [-0.3, -0.25) is 4.79 Å². The molecule has 0 atom stereocenters. The van der Waals surface area contributed by atoms with Crippen molar-refractivity contribution in [3.8, 4) is 11.6 Å². The summed E-state index contributed by atoms with van der Waals surface area (Å²) in [6.45, 7) is 0. The molecule has 1 N–H and O–H groups in total. The monoisotopic (exact) mass is 261 g/mol. The quantitative estimate of drug-likeness (QED) is 0.676. The minimum Gasteiger partial charge on any atom is -0.478 e. The van der Waals surface area contributed by atoms with Gasteiger partial charge in [-0.05, 0) is 30.3 Å². The molecule has 0 unspecified atom stereocenters. The van der Waals surface area contributed by atoms with Gasteiger partial charge in [0.25, 0.3) is 0 Å². The number of pyridine rings is 1. The number of carbonyl (C=O) groups is 2. The Kier molecular flexibility index (Phi) is 3.51. The van der Waals surface area contributed by atoms with Crippen LogP contribution in [0.1, 0.15) is 20.7 Å². The van der Waals surface area contributed by atoms with E-state index < -0.39 is 11.9 Å². The summed E-state index contributed by atoms with van der Waals surface area (Å²) in [5.41, 5.74) is -0.0450. The Morgan fingerprint density at radius 2 is 1.89 bits per heavy atom. The van der Waals surface area contributed by atoms with Crippen molar-refractivity contribution >= 4 is 12.3 Å². The maximum absolute atomic E-state index is 13.2. The minimum absolute atomic E-state index is 0.0221. The van der Waals surface area contributed by atoms with E-state index >= 15 is 0 Å². The van der Waals surface area contributed by atoms with Crippen LogP contribution in [0.5, 0.6) is 11.6 Å². The van der Waals surface area contributed by atoms with E-state index in [-0.39, 0.29) is 17.0 Å². The largest absolute Gasteiger partial charge is 0.478 e. The lowest BCUT2D eigenvalue weighted by molar-refractivity contribution is 0.0696. The average Bonchev–Trinajstić information content (AvgIpc) is 2.39. The van der Waals surface area contributed by atoms with Gasteiger partial charge in [-0.2, -0.15) is 9.37 Å². The fourth-order valence-electron chi connectivity index (χ4n) is 1.36. The zero-order chi connectivity index (χ0) is 13.8. The third-order valence-electron chi connectivity index (χ3n) is 2.30. The SMILES string of the molecule is O=Cc1ccc(Oc2ccc(C(=O)O)cc2)nc1F. The summed E-state index contributed by atoms with van der Waals surface area (Å²) in [7, 11) is 0. The van der Waals surface area contributed by atoms with Gasteiger partial charge < -0.3 is 9.84 Å². The summed E-state index contributed by atoms with van der Waals surface area (Å²) in [6, 6.07) is 8.16. The van der Waals surface area contributed by atoms with Gasteiger partial charge in [0.1, 0.15) is 5.75 Å². The second kappa shape index (κ2) is 5.26. The molecule has 19 heavy (non-hydrogen) atoms.